The van der Waals surface area contributed by atoms with Crippen LogP contribution < -0.4 is 9.80 Å². The second kappa shape index (κ2) is 9.42. The maximum Gasteiger partial charge on any atom is 0.178 e. The highest BCUT2D eigenvalue weighted by Gasteiger charge is 2.51. The van der Waals surface area contributed by atoms with Crippen molar-refractivity contribution < 1.29 is 0 Å². The summed E-state index contributed by atoms with van der Waals surface area (Å²) in [5.74, 6) is 1.94. The summed E-state index contributed by atoms with van der Waals surface area (Å²) < 4.78 is 0. The number of halogens is 1. The van der Waals surface area contributed by atoms with Gasteiger partial charge in [0.05, 0.1) is 0 Å². The van der Waals surface area contributed by atoms with E-state index in [0.29, 0.717) is 0 Å². The number of allylic oxidation sites excluding steroid dienone is 2. The number of fused-ring (bicyclic) bond motifs is 1. The van der Waals surface area contributed by atoms with Crippen LogP contribution in [0.4, 0.5) is 23.0 Å². The van der Waals surface area contributed by atoms with Gasteiger partial charge in [-0.2, -0.15) is 0 Å². The van der Waals surface area contributed by atoms with Gasteiger partial charge in [-0.1, -0.05) is 55.0 Å². The molecule has 0 amide bonds. The molecule has 1 aliphatic carbocycles. The maximum atomic E-state index is 7.17. The van der Waals surface area contributed by atoms with Crippen molar-refractivity contribution in [1.29, 1.82) is 0 Å². The Morgan fingerprint density at radius 2 is 1.41 bits per heavy atom. The lowest BCUT2D eigenvalue weighted by molar-refractivity contribution is 0.132. The second-order valence-corrected chi connectivity index (χ2v) is 10.7. The van der Waals surface area contributed by atoms with Gasteiger partial charge in [-0.3, -0.25) is 0 Å². The molecule has 2 heterocycles. The molecule has 2 aliphatic rings. The Labute approximate surface area is 208 Å². The Kier molecular flexibility index (Phi) is 6.35. The first-order chi connectivity index (χ1) is 16.5. The van der Waals surface area contributed by atoms with Crippen LogP contribution in [-0.2, 0) is 0 Å². The molecule has 34 heavy (non-hydrogen) atoms. The molecule has 5 rings (SSSR count). The highest BCUT2D eigenvalue weighted by molar-refractivity contribution is 6.20. The minimum Gasteiger partial charge on any atom is -0.301 e. The van der Waals surface area contributed by atoms with E-state index in [1.807, 2.05) is 0 Å². The average Bonchev–Trinajstić information content (AvgIpc) is 3.07. The first-order valence-electron chi connectivity index (χ1n) is 12.3. The summed E-state index contributed by atoms with van der Waals surface area (Å²) in [6.07, 6.45) is 10.4. The van der Waals surface area contributed by atoms with E-state index in [2.05, 4.69) is 97.3 Å². The second-order valence-electron chi connectivity index (χ2n) is 9.97. The molecule has 0 bridgehead atoms. The number of alkyl halides is 1. The highest BCUT2D eigenvalue weighted by Crippen LogP contribution is 2.54. The lowest BCUT2D eigenvalue weighted by atomic mass is 9.68. The minimum absolute atomic E-state index is 0.0415. The van der Waals surface area contributed by atoms with Gasteiger partial charge in [0.15, 0.2) is 11.6 Å². The van der Waals surface area contributed by atoms with Crippen molar-refractivity contribution in [3.63, 3.8) is 0 Å². The van der Waals surface area contributed by atoms with Crippen LogP contribution in [0, 0.1) is 11.3 Å². The molecule has 176 valence electrons. The van der Waals surface area contributed by atoms with E-state index in [9.17, 15) is 0 Å². The first-order valence-corrected chi connectivity index (χ1v) is 12.7. The number of anilines is 4. The summed E-state index contributed by atoms with van der Waals surface area (Å²) in [5.41, 5.74) is 3.77. The van der Waals surface area contributed by atoms with E-state index in [-0.39, 0.29) is 22.9 Å². The maximum absolute atomic E-state index is 7.17. The van der Waals surface area contributed by atoms with Gasteiger partial charge in [-0.25, -0.2) is 9.97 Å². The zero-order valence-corrected chi connectivity index (χ0v) is 21.0. The zero-order chi connectivity index (χ0) is 23.7. The molecule has 0 saturated heterocycles. The molecule has 3 unspecified atom stereocenters. The third-order valence-electron chi connectivity index (χ3n) is 7.63. The predicted molar refractivity (Wildman–Crippen MR) is 142 cm³/mol. The molecule has 3 atom stereocenters. The lowest BCUT2D eigenvalue weighted by Gasteiger charge is -2.48. The van der Waals surface area contributed by atoms with Gasteiger partial charge in [0.2, 0.25) is 0 Å². The Bertz CT molecular complexity index is 1080. The normalized spacial score (nSPS) is 22.6. The van der Waals surface area contributed by atoms with Crippen LogP contribution in [0.5, 0.6) is 0 Å². The zero-order valence-electron chi connectivity index (χ0n) is 20.2. The number of para-hydroxylation sites is 2. The summed E-state index contributed by atoms with van der Waals surface area (Å²) >= 11 is 7.17. The van der Waals surface area contributed by atoms with Gasteiger partial charge in [0.25, 0.3) is 0 Å². The average molecular weight is 473 g/mol. The molecule has 3 aromatic rings. The van der Waals surface area contributed by atoms with Gasteiger partial charge in [-0.05, 0) is 69.2 Å². The Hall–Kier alpha value is -2.85. The quantitative estimate of drug-likeness (QED) is 0.279. The van der Waals surface area contributed by atoms with Crippen molar-refractivity contribution in [3.05, 3.63) is 84.7 Å². The monoisotopic (exact) mass is 472 g/mol. The minimum atomic E-state index is -0.0434. The summed E-state index contributed by atoms with van der Waals surface area (Å²) in [5, 5.41) is -0.0415. The van der Waals surface area contributed by atoms with Gasteiger partial charge < -0.3 is 9.80 Å². The number of nitrogens with zero attached hydrogens (tertiary/aromatic N) is 4. The summed E-state index contributed by atoms with van der Waals surface area (Å²) in [6.45, 7) is 6.87. The Balaban J connectivity index is 1.71. The highest BCUT2D eigenvalue weighted by atomic mass is 35.5. The molecular formula is C29H33ClN4. The lowest BCUT2D eigenvalue weighted by Crippen LogP contribution is -2.53. The summed E-state index contributed by atoms with van der Waals surface area (Å²) in [4.78, 5) is 14.4. The molecule has 0 saturated carbocycles. The molecule has 0 fully saturated rings. The topological polar surface area (TPSA) is 32.3 Å². The predicted octanol–water partition coefficient (Wildman–Crippen LogP) is 7.86. The van der Waals surface area contributed by atoms with E-state index < -0.39 is 0 Å². The first kappa shape index (κ1) is 22.9. The van der Waals surface area contributed by atoms with Crippen LogP contribution in [0.25, 0.3) is 0 Å². The third-order valence-corrected chi connectivity index (χ3v) is 7.91. The summed E-state index contributed by atoms with van der Waals surface area (Å²) in [7, 11) is 0. The molecular weight excluding hydrogens is 440 g/mol. The van der Waals surface area contributed by atoms with Gasteiger partial charge >= 0.3 is 0 Å². The fourth-order valence-corrected chi connectivity index (χ4v) is 6.35. The van der Waals surface area contributed by atoms with Crippen molar-refractivity contribution in [2.45, 2.75) is 58.0 Å². The molecule has 0 N–H and O–H groups in total. The van der Waals surface area contributed by atoms with Crippen molar-refractivity contribution >= 4 is 34.6 Å². The molecule has 0 spiro atoms. The van der Waals surface area contributed by atoms with Crippen molar-refractivity contribution in [3.8, 4) is 0 Å². The van der Waals surface area contributed by atoms with Crippen LogP contribution in [0.2, 0.25) is 0 Å². The number of hydrogen-bond acceptors (Lipinski definition) is 4. The van der Waals surface area contributed by atoms with Crippen LogP contribution in [0.1, 0.15) is 46.5 Å². The molecule has 1 aromatic heterocycles. The molecule has 1 aliphatic heterocycles. The van der Waals surface area contributed by atoms with Crippen molar-refractivity contribution in [1.82, 2.24) is 9.97 Å². The third kappa shape index (κ3) is 4.09. The van der Waals surface area contributed by atoms with Crippen LogP contribution in [-0.4, -0.2) is 21.5 Å². The Morgan fingerprint density at radius 1 is 0.882 bits per heavy atom. The van der Waals surface area contributed by atoms with E-state index in [0.717, 1.165) is 48.7 Å². The van der Waals surface area contributed by atoms with Crippen molar-refractivity contribution in [2.75, 3.05) is 9.80 Å². The number of aromatic nitrogens is 2. The van der Waals surface area contributed by atoms with E-state index in [1.165, 1.54) is 5.57 Å². The van der Waals surface area contributed by atoms with E-state index in [1.54, 1.807) is 12.4 Å². The van der Waals surface area contributed by atoms with Crippen LogP contribution in [0.15, 0.2) is 84.7 Å². The number of rotatable bonds is 5. The Morgan fingerprint density at radius 3 is 1.91 bits per heavy atom. The summed E-state index contributed by atoms with van der Waals surface area (Å²) in [6, 6.07) is 21.1. The molecule has 2 aromatic carbocycles. The largest absolute Gasteiger partial charge is 0.301 e. The van der Waals surface area contributed by atoms with Crippen LogP contribution >= 0.6 is 11.6 Å². The molecule has 5 heteroatoms. The standard InChI is InChI=1S/C29H33ClN4/c1-21-11-10-17-29(3,18-16-21)25(22(2)30)28-33(23-12-6-4-7-13-23)26-27(32-20-19-31-26)34(28)24-14-8-5-9-15-24/h4-9,11-15,19-20,22,25,28H,10,16-18H2,1-3H3. The fraction of sp³-hybridized carbons (Fsp3) is 0.379. The smallest absolute Gasteiger partial charge is 0.178 e. The fourth-order valence-electron chi connectivity index (χ4n) is 5.92. The van der Waals surface area contributed by atoms with Gasteiger partial charge in [0.1, 0.15) is 6.17 Å². The van der Waals surface area contributed by atoms with E-state index in [4.69, 9.17) is 21.6 Å². The molecule has 0 radical (unpaired) electrons. The number of benzene rings is 2. The van der Waals surface area contributed by atoms with Crippen LogP contribution in [0.3, 0.4) is 0 Å². The number of hydrogen-bond donors (Lipinski definition) is 0. The van der Waals surface area contributed by atoms with Crippen molar-refractivity contribution in [2.24, 2.45) is 11.3 Å². The molecule has 4 nitrogen and oxygen atoms in total. The van der Waals surface area contributed by atoms with Gasteiger partial charge in [-0.15, -0.1) is 11.6 Å². The SMILES string of the molecule is CC1=CCCC(C)(C(C(C)Cl)C2N(c3ccccc3)c3nccnc3N2c2ccccc2)CC1. The van der Waals surface area contributed by atoms with E-state index >= 15 is 0 Å². The van der Waals surface area contributed by atoms with Gasteiger partial charge in [0, 0.05) is 35.1 Å².